The average Bonchev–Trinajstić information content (AvgIpc) is 2.31. The van der Waals surface area contributed by atoms with E-state index in [9.17, 15) is 0 Å². The van der Waals surface area contributed by atoms with Crippen molar-refractivity contribution >= 4 is 17.4 Å². The molecular formula is C12H20ClN3O. The molecule has 0 aliphatic carbocycles. The minimum Gasteiger partial charge on any atom is -0.396 e. The van der Waals surface area contributed by atoms with Gasteiger partial charge in [-0.15, -0.1) is 0 Å². The minimum absolute atomic E-state index is 0.159. The Balaban J connectivity index is 2.82. The van der Waals surface area contributed by atoms with E-state index in [0.717, 1.165) is 30.0 Å². The van der Waals surface area contributed by atoms with Crippen LogP contribution in [-0.4, -0.2) is 28.2 Å². The van der Waals surface area contributed by atoms with Gasteiger partial charge in [-0.05, 0) is 19.3 Å². The molecule has 1 aromatic heterocycles. The van der Waals surface area contributed by atoms with E-state index < -0.39 is 0 Å². The fourth-order valence-corrected chi connectivity index (χ4v) is 1.56. The van der Waals surface area contributed by atoms with Crippen LogP contribution in [-0.2, 0) is 6.42 Å². The molecule has 0 saturated carbocycles. The molecule has 17 heavy (non-hydrogen) atoms. The summed E-state index contributed by atoms with van der Waals surface area (Å²) < 4.78 is 0. The first-order chi connectivity index (χ1) is 8.08. The van der Waals surface area contributed by atoms with E-state index in [1.807, 2.05) is 13.8 Å². The number of aryl methyl sites for hydroxylation is 1. The maximum absolute atomic E-state index is 8.98. The Bertz CT molecular complexity index is 371. The van der Waals surface area contributed by atoms with E-state index in [-0.39, 0.29) is 12.5 Å². The maximum atomic E-state index is 8.98. The first kappa shape index (κ1) is 14.2. The van der Waals surface area contributed by atoms with Gasteiger partial charge in [0.15, 0.2) is 0 Å². The number of aromatic nitrogens is 2. The van der Waals surface area contributed by atoms with Crippen molar-refractivity contribution in [3.05, 3.63) is 16.5 Å². The summed E-state index contributed by atoms with van der Waals surface area (Å²) in [6.45, 7) is 6.78. The van der Waals surface area contributed by atoms with Gasteiger partial charge in [-0.3, -0.25) is 0 Å². The highest BCUT2D eigenvalue weighted by Crippen LogP contribution is 2.20. The molecule has 1 aromatic rings. The Morgan fingerprint density at radius 3 is 2.71 bits per heavy atom. The summed E-state index contributed by atoms with van der Waals surface area (Å²) in [4.78, 5) is 8.68. The highest BCUT2D eigenvalue weighted by molar-refractivity contribution is 6.30. The molecule has 0 saturated heterocycles. The molecule has 0 radical (unpaired) electrons. The van der Waals surface area contributed by atoms with Gasteiger partial charge in [-0.1, -0.05) is 25.4 Å². The molecule has 96 valence electrons. The molecule has 0 aliphatic rings. The van der Waals surface area contributed by atoms with Crippen molar-refractivity contribution in [2.75, 3.05) is 18.5 Å². The van der Waals surface area contributed by atoms with Crippen molar-refractivity contribution in [1.29, 1.82) is 0 Å². The van der Waals surface area contributed by atoms with Gasteiger partial charge in [0.1, 0.15) is 16.8 Å². The smallest absolute Gasteiger partial charge is 0.137 e. The number of rotatable bonds is 6. The highest BCUT2D eigenvalue weighted by Gasteiger charge is 2.09. The summed E-state index contributed by atoms with van der Waals surface area (Å²) in [5.74, 6) is 1.73. The number of aliphatic hydroxyl groups excluding tert-OH is 1. The molecule has 0 bridgehead atoms. The summed E-state index contributed by atoms with van der Waals surface area (Å²) >= 11 is 6.06. The van der Waals surface area contributed by atoms with E-state index in [4.69, 9.17) is 16.7 Å². The predicted octanol–water partition coefficient (Wildman–Crippen LogP) is 2.43. The molecule has 0 aromatic carbocycles. The van der Waals surface area contributed by atoms with E-state index in [0.29, 0.717) is 11.7 Å². The second kappa shape index (κ2) is 6.77. The second-order valence-corrected chi connectivity index (χ2v) is 4.68. The van der Waals surface area contributed by atoms with E-state index in [2.05, 4.69) is 22.2 Å². The van der Waals surface area contributed by atoms with Crippen LogP contribution in [0.4, 0.5) is 5.82 Å². The third-order valence-corrected chi connectivity index (χ3v) is 2.90. The first-order valence-electron chi connectivity index (χ1n) is 5.96. The van der Waals surface area contributed by atoms with Crippen LogP contribution in [0.3, 0.4) is 0 Å². The van der Waals surface area contributed by atoms with Crippen LogP contribution in [0.2, 0.25) is 5.15 Å². The van der Waals surface area contributed by atoms with Gasteiger partial charge < -0.3 is 10.4 Å². The van der Waals surface area contributed by atoms with Crippen molar-refractivity contribution in [3.8, 4) is 0 Å². The normalized spacial score (nSPS) is 12.5. The van der Waals surface area contributed by atoms with Gasteiger partial charge in [-0.25, -0.2) is 9.97 Å². The maximum Gasteiger partial charge on any atom is 0.137 e. The van der Waals surface area contributed by atoms with Crippen molar-refractivity contribution in [2.45, 2.75) is 33.6 Å². The quantitative estimate of drug-likeness (QED) is 0.769. The lowest BCUT2D eigenvalue weighted by Gasteiger charge is -2.13. The molecule has 1 unspecified atom stereocenters. The Kier molecular flexibility index (Phi) is 5.65. The van der Waals surface area contributed by atoms with Crippen LogP contribution in [0.15, 0.2) is 0 Å². The van der Waals surface area contributed by atoms with E-state index in [1.54, 1.807) is 0 Å². The van der Waals surface area contributed by atoms with Crippen LogP contribution in [0.1, 0.15) is 31.7 Å². The molecule has 0 amide bonds. The largest absolute Gasteiger partial charge is 0.396 e. The third-order valence-electron chi connectivity index (χ3n) is 2.54. The molecule has 1 rings (SSSR count). The Morgan fingerprint density at radius 2 is 2.12 bits per heavy atom. The predicted molar refractivity (Wildman–Crippen MR) is 70.5 cm³/mol. The van der Waals surface area contributed by atoms with Gasteiger partial charge in [0, 0.05) is 25.1 Å². The lowest BCUT2D eigenvalue weighted by molar-refractivity contribution is 0.244. The molecule has 4 nitrogen and oxygen atoms in total. The van der Waals surface area contributed by atoms with Gasteiger partial charge in [0.2, 0.25) is 0 Å². The molecular weight excluding hydrogens is 238 g/mol. The van der Waals surface area contributed by atoms with Crippen molar-refractivity contribution < 1.29 is 5.11 Å². The zero-order chi connectivity index (χ0) is 12.8. The zero-order valence-electron chi connectivity index (χ0n) is 10.6. The Labute approximate surface area is 107 Å². The lowest BCUT2D eigenvalue weighted by atomic mass is 10.2. The van der Waals surface area contributed by atoms with Crippen LogP contribution < -0.4 is 5.32 Å². The van der Waals surface area contributed by atoms with Crippen LogP contribution in [0.25, 0.3) is 0 Å². The summed E-state index contributed by atoms with van der Waals surface area (Å²) in [6, 6.07) is 0. The van der Waals surface area contributed by atoms with Gasteiger partial charge in [0.25, 0.3) is 0 Å². The molecule has 5 heteroatoms. The number of anilines is 1. The standard InChI is InChI=1S/C12H20ClN3O/c1-4-5-10-15-11(13)9(3)12(16-10)14-6-8(2)7-17/h8,17H,4-7H2,1-3H3,(H,14,15,16). The summed E-state index contributed by atoms with van der Waals surface area (Å²) in [6.07, 6.45) is 1.82. The zero-order valence-corrected chi connectivity index (χ0v) is 11.4. The van der Waals surface area contributed by atoms with Crippen LogP contribution in [0.5, 0.6) is 0 Å². The SMILES string of the molecule is CCCc1nc(Cl)c(C)c(NCC(C)CO)n1. The summed E-state index contributed by atoms with van der Waals surface area (Å²) in [5, 5.41) is 12.7. The number of aliphatic hydroxyl groups is 1. The fourth-order valence-electron chi connectivity index (χ4n) is 1.38. The average molecular weight is 258 g/mol. The monoisotopic (exact) mass is 257 g/mol. The molecule has 0 spiro atoms. The van der Waals surface area contributed by atoms with E-state index in [1.165, 1.54) is 0 Å². The van der Waals surface area contributed by atoms with Gasteiger partial charge in [-0.2, -0.15) is 0 Å². The molecule has 0 aliphatic heterocycles. The minimum atomic E-state index is 0.159. The Hall–Kier alpha value is -0.870. The van der Waals surface area contributed by atoms with Gasteiger partial charge >= 0.3 is 0 Å². The number of hydrogen-bond acceptors (Lipinski definition) is 4. The third kappa shape index (κ3) is 4.13. The number of hydrogen-bond donors (Lipinski definition) is 2. The van der Waals surface area contributed by atoms with Crippen LogP contribution >= 0.6 is 11.6 Å². The van der Waals surface area contributed by atoms with Crippen LogP contribution in [0, 0.1) is 12.8 Å². The van der Waals surface area contributed by atoms with Crippen molar-refractivity contribution in [2.24, 2.45) is 5.92 Å². The van der Waals surface area contributed by atoms with Gasteiger partial charge in [0.05, 0.1) is 0 Å². The molecule has 2 N–H and O–H groups in total. The molecule has 0 fully saturated rings. The molecule has 1 heterocycles. The van der Waals surface area contributed by atoms with Crippen molar-refractivity contribution in [1.82, 2.24) is 9.97 Å². The Morgan fingerprint density at radius 1 is 1.41 bits per heavy atom. The van der Waals surface area contributed by atoms with Crippen molar-refractivity contribution in [3.63, 3.8) is 0 Å². The number of nitrogens with one attached hydrogen (secondary N) is 1. The fraction of sp³-hybridized carbons (Fsp3) is 0.667. The number of nitrogens with zero attached hydrogens (tertiary/aromatic N) is 2. The first-order valence-corrected chi connectivity index (χ1v) is 6.34. The topological polar surface area (TPSA) is 58.0 Å². The number of halogens is 1. The lowest BCUT2D eigenvalue weighted by Crippen LogP contribution is -2.16. The molecule has 1 atom stereocenters. The highest BCUT2D eigenvalue weighted by atomic mass is 35.5. The van der Waals surface area contributed by atoms with E-state index >= 15 is 0 Å². The summed E-state index contributed by atoms with van der Waals surface area (Å²) in [5.41, 5.74) is 0.858. The second-order valence-electron chi connectivity index (χ2n) is 4.32. The summed E-state index contributed by atoms with van der Waals surface area (Å²) in [7, 11) is 0.